The van der Waals surface area contributed by atoms with Gasteiger partial charge in [0.25, 0.3) is 5.69 Å². The van der Waals surface area contributed by atoms with Crippen LogP contribution in [-0.4, -0.2) is 63.2 Å². The molecule has 0 saturated carbocycles. The van der Waals surface area contributed by atoms with Gasteiger partial charge in [0.2, 0.25) is 0 Å². The Balaban J connectivity index is 1.98. The maximum Gasteiger partial charge on any atom is 0.334 e. The smallest absolute Gasteiger partial charge is 0.334 e. The Morgan fingerprint density at radius 2 is 1.97 bits per heavy atom. The lowest BCUT2D eigenvalue weighted by Gasteiger charge is -2.44. The van der Waals surface area contributed by atoms with Gasteiger partial charge in [0, 0.05) is 31.8 Å². The van der Waals surface area contributed by atoms with Crippen LogP contribution in [0.25, 0.3) is 0 Å². The van der Waals surface area contributed by atoms with Crippen LogP contribution in [0.5, 0.6) is 0 Å². The molecule has 1 aromatic rings. The van der Waals surface area contributed by atoms with Gasteiger partial charge in [-0.25, -0.2) is 4.79 Å². The zero-order valence-corrected chi connectivity index (χ0v) is 17.4. The molecule has 0 radical (unpaired) electrons. The van der Waals surface area contributed by atoms with E-state index >= 15 is 0 Å². The summed E-state index contributed by atoms with van der Waals surface area (Å²) >= 11 is 1.58. The number of benzene rings is 1. The molecule has 1 fully saturated rings. The first-order valence-electron chi connectivity index (χ1n) is 9.52. The van der Waals surface area contributed by atoms with E-state index < -0.39 is 10.9 Å². The van der Waals surface area contributed by atoms with Crippen LogP contribution in [-0.2, 0) is 16.1 Å². The Labute approximate surface area is 174 Å². The number of thioether (sulfide) groups is 1. The number of carboxylic acids is 1. The number of carbonyl (C=O) groups is 1. The summed E-state index contributed by atoms with van der Waals surface area (Å²) in [5, 5.41) is 20.5. The SMILES string of the molecule is CCSC1C(C(=O)O)=C(C)C=C(N2CCOCC2)N1Cc1ccc([N+](=O)[O-])cc1. The van der Waals surface area contributed by atoms with Crippen molar-refractivity contribution in [2.24, 2.45) is 0 Å². The van der Waals surface area contributed by atoms with Crippen LogP contribution < -0.4 is 0 Å². The molecule has 0 aliphatic carbocycles. The number of nitro benzene ring substituents is 1. The number of hydrogen-bond acceptors (Lipinski definition) is 7. The van der Waals surface area contributed by atoms with E-state index in [4.69, 9.17) is 4.74 Å². The summed E-state index contributed by atoms with van der Waals surface area (Å²) in [5.41, 5.74) is 2.07. The fourth-order valence-electron chi connectivity index (χ4n) is 3.58. The first kappa shape index (κ1) is 21.2. The summed E-state index contributed by atoms with van der Waals surface area (Å²) in [6.45, 7) is 7.05. The van der Waals surface area contributed by atoms with Crippen molar-refractivity contribution in [3.05, 3.63) is 63.0 Å². The molecule has 9 heteroatoms. The minimum absolute atomic E-state index is 0.0396. The molecule has 0 amide bonds. The molecule has 0 aromatic heterocycles. The lowest BCUT2D eigenvalue weighted by Crippen LogP contribution is -2.47. The number of hydrogen-bond donors (Lipinski definition) is 1. The zero-order chi connectivity index (χ0) is 21.0. The molecule has 1 saturated heterocycles. The third-order valence-electron chi connectivity index (χ3n) is 4.98. The number of allylic oxidation sites excluding steroid dienone is 2. The Hall–Kier alpha value is -2.52. The first-order chi connectivity index (χ1) is 13.9. The second kappa shape index (κ2) is 9.32. The molecule has 1 atom stereocenters. The van der Waals surface area contributed by atoms with Gasteiger partial charge in [0.05, 0.1) is 23.7 Å². The van der Waals surface area contributed by atoms with Gasteiger partial charge in [-0.2, -0.15) is 0 Å². The molecule has 29 heavy (non-hydrogen) atoms. The number of rotatable bonds is 7. The van der Waals surface area contributed by atoms with E-state index in [1.807, 2.05) is 19.9 Å². The Bertz CT molecular complexity index is 831. The lowest BCUT2D eigenvalue weighted by molar-refractivity contribution is -0.384. The molecule has 2 aliphatic heterocycles. The van der Waals surface area contributed by atoms with E-state index in [1.165, 1.54) is 12.1 Å². The van der Waals surface area contributed by atoms with E-state index in [9.17, 15) is 20.0 Å². The van der Waals surface area contributed by atoms with E-state index in [0.29, 0.717) is 25.3 Å². The summed E-state index contributed by atoms with van der Waals surface area (Å²) in [4.78, 5) is 26.9. The molecule has 0 spiro atoms. The van der Waals surface area contributed by atoms with Crippen molar-refractivity contribution in [2.45, 2.75) is 25.8 Å². The highest BCUT2D eigenvalue weighted by molar-refractivity contribution is 8.00. The molecule has 2 aliphatic rings. The average Bonchev–Trinajstić information content (AvgIpc) is 2.70. The minimum Gasteiger partial charge on any atom is -0.478 e. The van der Waals surface area contributed by atoms with Gasteiger partial charge in [0.15, 0.2) is 0 Å². The molecule has 156 valence electrons. The van der Waals surface area contributed by atoms with E-state index in [0.717, 1.165) is 35.8 Å². The molecule has 8 nitrogen and oxygen atoms in total. The highest BCUT2D eigenvalue weighted by Gasteiger charge is 2.35. The number of non-ortho nitro benzene ring substituents is 1. The highest BCUT2D eigenvalue weighted by atomic mass is 32.2. The Morgan fingerprint density at radius 3 is 2.52 bits per heavy atom. The fraction of sp³-hybridized carbons (Fsp3) is 0.450. The van der Waals surface area contributed by atoms with Crippen LogP contribution >= 0.6 is 11.8 Å². The predicted octanol–water partition coefficient (Wildman–Crippen LogP) is 3.06. The first-order valence-corrected chi connectivity index (χ1v) is 10.6. The second-order valence-electron chi connectivity index (χ2n) is 6.86. The van der Waals surface area contributed by atoms with Gasteiger partial charge in [0.1, 0.15) is 11.2 Å². The number of nitro groups is 1. The predicted molar refractivity (Wildman–Crippen MR) is 111 cm³/mol. The summed E-state index contributed by atoms with van der Waals surface area (Å²) in [5.74, 6) is 0.821. The highest BCUT2D eigenvalue weighted by Crippen LogP contribution is 2.36. The van der Waals surface area contributed by atoms with Crippen LogP contribution in [0.15, 0.2) is 47.3 Å². The van der Waals surface area contributed by atoms with Crippen molar-refractivity contribution >= 4 is 23.4 Å². The van der Waals surface area contributed by atoms with Crippen molar-refractivity contribution in [3.63, 3.8) is 0 Å². The van der Waals surface area contributed by atoms with Gasteiger partial charge in [-0.15, -0.1) is 11.8 Å². The van der Waals surface area contributed by atoms with Gasteiger partial charge < -0.3 is 19.6 Å². The maximum atomic E-state index is 12.0. The average molecular weight is 420 g/mol. The van der Waals surface area contributed by atoms with Crippen LogP contribution in [0, 0.1) is 10.1 Å². The quantitative estimate of drug-likeness (QED) is 0.532. The molecule has 3 rings (SSSR count). The van der Waals surface area contributed by atoms with Crippen molar-refractivity contribution in [2.75, 3.05) is 32.1 Å². The molecule has 0 bridgehead atoms. The van der Waals surface area contributed by atoms with E-state index in [2.05, 4.69) is 9.80 Å². The number of nitrogens with zero attached hydrogens (tertiary/aromatic N) is 3. The van der Waals surface area contributed by atoms with Gasteiger partial charge in [-0.3, -0.25) is 10.1 Å². The third kappa shape index (κ3) is 4.73. The zero-order valence-electron chi connectivity index (χ0n) is 16.5. The number of aliphatic carboxylic acids is 1. The molecule has 1 aromatic carbocycles. The molecular formula is C20H25N3O5S. The van der Waals surface area contributed by atoms with E-state index in [1.54, 1.807) is 23.9 Å². The van der Waals surface area contributed by atoms with Crippen LogP contribution in [0.2, 0.25) is 0 Å². The van der Waals surface area contributed by atoms with Crippen LogP contribution in [0.1, 0.15) is 19.4 Å². The molecule has 1 unspecified atom stereocenters. The normalized spacial score (nSPS) is 19.9. The largest absolute Gasteiger partial charge is 0.478 e. The third-order valence-corrected chi connectivity index (χ3v) is 6.12. The van der Waals surface area contributed by atoms with Crippen LogP contribution in [0.3, 0.4) is 0 Å². The second-order valence-corrected chi connectivity index (χ2v) is 8.22. The Morgan fingerprint density at radius 1 is 1.31 bits per heavy atom. The summed E-state index contributed by atoms with van der Waals surface area (Å²) in [7, 11) is 0. The van der Waals surface area contributed by atoms with Crippen molar-refractivity contribution in [1.82, 2.24) is 9.80 Å². The monoisotopic (exact) mass is 419 g/mol. The number of ether oxygens (including phenoxy) is 1. The van der Waals surface area contributed by atoms with E-state index in [-0.39, 0.29) is 11.1 Å². The van der Waals surface area contributed by atoms with Crippen molar-refractivity contribution in [3.8, 4) is 0 Å². The van der Waals surface area contributed by atoms with Crippen LogP contribution in [0.4, 0.5) is 5.69 Å². The standard InChI is InChI=1S/C20H25N3O5S/c1-3-29-19-18(20(24)25)14(2)12-17(21-8-10-28-11-9-21)22(19)13-15-4-6-16(7-5-15)23(26)27/h4-7,12,19H,3,8-11,13H2,1-2H3,(H,24,25). The summed E-state index contributed by atoms with van der Waals surface area (Å²) in [6.07, 6.45) is 1.94. The minimum atomic E-state index is -0.917. The fourth-order valence-corrected chi connectivity index (χ4v) is 4.71. The molecular weight excluding hydrogens is 394 g/mol. The van der Waals surface area contributed by atoms with Gasteiger partial charge >= 0.3 is 5.97 Å². The maximum absolute atomic E-state index is 12.0. The van der Waals surface area contributed by atoms with Crippen molar-refractivity contribution < 1.29 is 19.6 Å². The molecule has 2 heterocycles. The molecule has 1 N–H and O–H groups in total. The summed E-state index contributed by atoms with van der Waals surface area (Å²) < 4.78 is 5.48. The lowest BCUT2D eigenvalue weighted by atomic mass is 10.0. The number of carboxylic acid groups (broad SMARTS) is 1. The van der Waals surface area contributed by atoms with Gasteiger partial charge in [-0.05, 0) is 29.9 Å². The van der Waals surface area contributed by atoms with Gasteiger partial charge in [-0.1, -0.05) is 19.1 Å². The number of morpholine rings is 1. The summed E-state index contributed by atoms with van der Waals surface area (Å²) in [6, 6.07) is 6.43. The Kier molecular flexibility index (Phi) is 6.81. The topological polar surface area (TPSA) is 96.2 Å². The van der Waals surface area contributed by atoms with Crippen molar-refractivity contribution in [1.29, 1.82) is 0 Å².